The molecule has 2 unspecified atom stereocenters. The van der Waals surface area contributed by atoms with E-state index in [2.05, 4.69) is 30.4 Å². The van der Waals surface area contributed by atoms with Crippen molar-refractivity contribution in [3.8, 4) is 0 Å². The molecular formula is C9H18N2S2. The third kappa shape index (κ3) is 4.27. The van der Waals surface area contributed by atoms with Crippen molar-refractivity contribution in [3.63, 3.8) is 0 Å². The molecule has 1 rings (SSSR count). The van der Waals surface area contributed by atoms with Gasteiger partial charge >= 0.3 is 0 Å². The first-order chi connectivity index (χ1) is 6.22. The van der Waals surface area contributed by atoms with Gasteiger partial charge in [0.05, 0.1) is 6.04 Å². The lowest BCUT2D eigenvalue weighted by atomic mass is 10.3. The minimum atomic E-state index is 0.505. The molecule has 0 saturated heterocycles. The fraction of sp³-hybridized carbons (Fsp3) is 0.889. The van der Waals surface area contributed by atoms with Crippen molar-refractivity contribution in [3.05, 3.63) is 0 Å². The van der Waals surface area contributed by atoms with Crippen LogP contribution in [0.5, 0.6) is 0 Å². The van der Waals surface area contributed by atoms with Crippen LogP contribution in [0.1, 0.15) is 20.3 Å². The maximum atomic E-state index is 4.56. The molecule has 0 amide bonds. The van der Waals surface area contributed by atoms with Gasteiger partial charge in [-0.15, -0.1) is 0 Å². The third-order valence-electron chi connectivity index (χ3n) is 1.90. The second-order valence-corrected chi connectivity index (χ2v) is 5.42. The van der Waals surface area contributed by atoms with Gasteiger partial charge in [0.25, 0.3) is 0 Å². The number of nitrogens with one attached hydrogen (secondary N) is 1. The second kappa shape index (κ2) is 5.81. The van der Waals surface area contributed by atoms with Gasteiger partial charge in [0.2, 0.25) is 0 Å². The van der Waals surface area contributed by atoms with Crippen molar-refractivity contribution in [2.75, 3.05) is 17.8 Å². The summed E-state index contributed by atoms with van der Waals surface area (Å²) >= 11 is 3.72. The summed E-state index contributed by atoms with van der Waals surface area (Å²) in [6.45, 7) is 4.39. The number of hydrogen-bond acceptors (Lipinski definition) is 4. The maximum Gasteiger partial charge on any atom is 0.157 e. The Morgan fingerprint density at radius 2 is 2.54 bits per heavy atom. The van der Waals surface area contributed by atoms with E-state index in [0.717, 1.165) is 10.9 Å². The van der Waals surface area contributed by atoms with Crippen LogP contribution in [0.15, 0.2) is 4.99 Å². The quantitative estimate of drug-likeness (QED) is 0.786. The Morgan fingerprint density at radius 3 is 3.15 bits per heavy atom. The topological polar surface area (TPSA) is 24.4 Å². The summed E-state index contributed by atoms with van der Waals surface area (Å²) in [6.07, 6.45) is 3.35. The van der Waals surface area contributed by atoms with E-state index in [1.807, 2.05) is 23.5 Å². The molecule has 1 aliphatic heterocycles. The van der Waals surface area contributed by atoms with Gasteiger partial charge in [-0.1, -0.05) is 11.8 Å². The molecule has 0 aromatic carbocycles. The molecule has 0 aromatic rings. The molecule has 0 spiro atoms. The molecule has 0 aliphatic carbocycles. The summed E-state index contributed by atoms with van der Waals surface area (Å²) in [5.41, 5.74) is 0. The molecule has 1 heterocycles. The average Bonchev–Trinajstić information content (AvgIpc) is 2.04. The lowest BCUT2D eigenvalue weighted by Gasteiger charge is -2.20. The predicted octanol–water partition coefficient (Wildman–Crippen LogP) is 2.21. The zero-order valence-corrected chi connectivity index (χ0v) is 10.2. The molecule has 0 radical (unpaired) electrons. The highest BCUT2D eigenvalue weighted by Gasteiger charge is 2.12. The molecule has 1 N–H and O–H groups in total. The minimum Gasteiger partial charge on any atom is -0.362 e. The van der Waals surface area contributed by atoms with E-state index in [4.69, 9.17) is 0 Å². The second-order valence-electron chi connectivity index (χ2n) is 3.42. The highest BCUT2D eigenvalue weighted by atomic mass is 32.2. The van der Waals surface area contributed by atoms with E-state index < -0.39 is 0 Å². The average molecular weight is 218 g/mol. The monoisotopic (exact) mass is 218 g/mol. The van der Waals surface area contributed by atoms with Crippen LogP contribution in [0, 0.1) is 0 Å². The minimum absolute atomic E-state index is 0.505. The van der Waals surface area contributed by atoms with E-state index >= 15 is 0 Å². The summed E-state index contributed by atoms with van der Waals surface area (Å²) < 4.78 is 0. The van der Waals surface area contributed by atoms with Crippen molar-refractivity contribution >= 4 is 28.7 Å². The summed E-state index contributed by atoms with van der Waals surface area (Å²) in [7, 11) is 0. The number of hydrogen-bond donors (Lipinski definition) is 1. The molecule has 0 aromatic heterocycles. The Labute approximate surface area is 89.3 Å². The van der Waals surface area contributed by atoms with Crippen LogP contribution in [0.3, 0.4) is 0 Å². The van der Waals surface area contributed by atoms with Gasteiger partial charge in [0.1, 0.15) is 0 Å². The first kappa shape index (κ1) is 11.2. The molecule has 0 saturated carbocycles. The Bertz CT molecular complexity index is 182. The Kier molecular flexibility index (Phi) is 5.02. The zero-order valence-electron chi connectivity index (χ0n) is 8.54. The van der Waals surface area contributed by atoms with Crippen LogP contribution in [-0.2, 0) is 0 Å². The van der Waals surface area contributed by atoms with Crippen molar-refractivity contribution in [2.24, 2.45) is 4.99 Å². The number of thioether (sulfide) groups is 2. The standard InChI is InChI=1S/C9H18N2S2/c1-7-4-5-13-9(10-7)11-8(2)6-12-3/h7-8H,4-6H2,1-3H3,(H,10,11). The number of rotatable bonds is 3. The summed E-state index contributed by atoms with van der Waals surface area (Å²) in [5, 5.41) is 4.58. The van der Waals surface area contributed by atoms with Gasteiger partial charge in [-0.25, -0.2) is 0 Å². The maximum absolute atomic E-state index is 4.56. The van der Waals surface area contributed by atoms with E-state index in [0.29, 0.717) is 12.1 Å². The van der Waals surface area contributed by atoms with Crippen LogP contribution >= 0.6 is 23.5 Å². The van der Waals surface area contributed by atoms with Gasteiger partial charge in [0.15, 0.2) is 5.17 Å². The van der Waals surface area contributed by atoms with Gasteiger partial charge in [0, 0.05) is 17.5 Å². The van der Waals surface area contributed by atoms with E-state index in [9.17, 15) is 0 Å². The fourth-order valence-electron chi connectivity index (χ4n) is 1.21. The van der Waals surface area contributed by atoms with Crippen LogP contribution < -0.4 is 5.32 Å². The summed E-state index contributed by atoms with van der Waals surface area (Å²) in [5.74, 6) is 2.35. The van der Waals surface area contributed by atoms with Gasteiger partial charge in [-0.2, -0.15) is 11.8 Å². The number of aliphatic imine (C=N–C) groups is 1. The molecule has 13 heavy (non-hydrogen) atoms. The molecule has 0 fully saturated rings. The van der Waals surface area contributed by atoms with Crippen LogP contribution in [0.25, 0.3) is 0 Å². The van der Waals surface area contributed by atoms with Gasteiger partial charge in [-0.05, 0) is 26.5 Å². The highest BCUT2D eigenvalue weighted by Crippen LogP contribution is 2.16. The third-order valence-corrected chi connectivity index (χ3v) is 3.67. The molecule has 2 nitrogen and oxygen atoms in total. The molecule has 0 bridgehead atoms. The first-order valence-corrected chi connectivity index (χ1v) is 7.06. The largest absolute Gasteiger partial charge is 0.362 e. The van der Waals surface area contributed by atoms with Crippen molar-refractivity contribution < 1.29 is 0 Å². The number of amidine groups is 1. The van der Waals surface area contributed by atoms with Crippen molar-refractivity contribution in [1.29, 1.82) is 0 Å². The summed E-state index contributed by atoms with van der Waals surface area (Å²) in [4.78, 5) is 4.56. The van der Waals surface area contributed by atoms with Crippen molar-refractivity contribution in [2.45, 2.75) is 32.4 Å². The SMILES string of the molecule is CSCC(C)NC1=NC(C)CCS1. The first-order valence-electron chi connectivity index (χ1n) is 4.68. The zero-order chi connectivity index (χ0) is 9.68. The predicted molar refractivity (Wildman–Crippen MR) is 65.0 cm³/mol. The molecule has 1 aliphatic rings. The summed E-state index contributed by atoms with van der Waals surface area (Å²) in [6, 6.07) is 1.04. The van der Waals surface area contributed by atoms with E-state index in [-0.39, 0.29) is 0 Å². The Balaban J connectivity index is 2.34. The Hall–Kier alpha value is 0.170. The van der Waals surface area contributed by atoms with Crippen LogP contribution in [0.2, 0.25) is 0 Å². The van der Waals surface area contributed by atoms with Gasteiger partial charge < -0.3 is 5.32 Å². The van der Waals surface area contributed by atoms with E-state index in [1.165, 1.54) is 12.2 Å². The number of nitrogens with zero attached hydrogens (tertiary/aromatic N) is 1. The highest BCUT2D eigenvalue weighted by molar-refractivity contribution is 8.13. The van der Waals surface area contributed by atoms with E-state index in [1.54, 1.807) is 0 Å². The van der Waals surface area contributed by atoms with Crippen LogP contribution in [0.4, 0.5) is 0 Å². The lowest BCUT2D eigenvalue weighted by molar-refractivity contribution is 0.693. The normalized spacial score (nSPS) is 25.2. The molecule has 2 atom stereocenters. The lowest BCUT2D eigenvalue weighted by Crippen LogP contribution is -2.34. The fourth-order valence-corrected chi connectivity index (χ4v) is 2.98. The molecule has 76 valence electrons. The van der Waals surface area contributed by atoms with Crippen molar-refractivity contribution in [1.82, 2.24) is 5.32 Å². The smallest absolute Gasteiger partial charge is 0.157 e. The molecular weight excluding hydrogens is 200 g/mol. The Morgan fingerprint density at radius 1 is 1.77 bits per heavy atom. The van der Waals surface area contributed by atoms with Crippen LogP contribution in [-0.4, -0.2) is 35.0 Å². The van der Waals surface area contributed by atoms with Gasteiger partial charge in [-0.3, -0.25) is 4.99 Å². The molecule has 4 heteroatoms.